The van der Waals surface area contributed by atoms with Crippen molar-refractivity contribution in [3.05, 3.63) is 76.1 Å². The standard InChI is InChI=1S/C34H41ClN8O5/c1-19-11-12-24(38-30(44)37-23-13-14-25(35)20(2)15-23)17-26(19)39-29-36-18-21(3)28(40-29)42(31(45)47-33(5,6)7)27-16-22(4)43(41-27)32(46)48-34(8,9)10/h11-18H,1-10H3,(H,36,39,40)(H2,37,38,44). The van der Waals surface area contributed by atoms with Gasteiger partial charge in [0.25, 0.3) is 0 Å². The van der Waals surface area contributed by atoms with Gasteiger partial charge in [-0.05, 0) is 111 Å². The molecule has 0 unspecified atom stereocenters. The van der Waals surface area contributed by atoms with Crippen LogP contribution in [0, 0.1) is 27.7 Å². The first-order valence-corrected chi connectivity index (χ1v) is 15.6. The molecule has 0 fully saturated rings. The van der Waals surface area contributed by atoms with Gasteiger partial charge in [0.1, 0.15) is 11.2 Å². The lowest BCUT2D eigenvalue weighted by Crippen LogP contribution is -2.35. The summed E-state index contributed by atoms with van der Waals surface area (Å²) in [7, 11) is 0. The summed E-state index contributed by atoms with van der Waals surface area (Å²) in [6.07, 6.45) is 0.102. The van der Waals surface area contributed by atoms with Crippen LogP contribution in [0.2, 0.25) is 5.02 Å². The maximum absolute atomic E-state index is 13.7. The second kappa shape index (κ2) is 13.9. The summed E-state index contributed by atoms with van der Waals surface area (Å²) in [6.45, 7) is 17.6. The second-order valence-corrected chi connectivity index (χ2v) is 13.7. The molecular formula is C34H41ClN8O5. The molecule has 0 aliphatic carbocycles. The first kappa shape index (κ1) is 35.7. The zero-order chi connectivity index (χ0) is 35.6. The van der Waals surface area contributed by atoms with E-state index in [2.05, 4.69) is 31.0 Å². The van der Waals surface area contributed by atoms with Crippen LogP contribution in [-0.2, 0) is 9.47 Å². The van der Waals surface area contributed by atoms with E-state index in [1.807, 2.05) is 19.9 Å². The van der Waals surface area contributed by atoms with E-state index in [0.29, 0.717) is 33.3 Å². The van der Waals surface area contributed by atoms with Crippen LogP contribution in [-0.4, -0.2) is 49.2 Å². The van der Waals surface area contributed by atoms with Gasteiger partial charge in [-0.3, -0.25) is 0 Å². The van der Waals surface area contributed by atoms with Gasteiger partial charge >= 0.3 is 18.2 Å². The zero-order valence-corrected chi connectivity index (χ0v) is 29.5. The summed E-state index contributed by atoms with van der Waals surface area (Å²) in [5.41, 5.74) is 2.78. The molecule has 14 heteroatoms. The van der Waals surface area contributed by atoms with Crippen molar-refractivity contribution >= 4 is 64.5 Å². The molecule has 3 N–H and O–H groups in total. The number of aryl methyl sites for hydroxylation is 4. The summed E-state index contributed by atoms with van der Waals surface area (Å²) in [5, 5.41) is 13.8. The number of anilines is 6. The fourth-order valence-corrected chi connectivity index (χ4v) is 4.46. The van der Waals surface area contributed by atoms with Crippen molar-refractivity contribution in [1.82, 2.24) is 19.7 Å². The van der Waals surface area contributed by atoms with Crippen molar-refractivity contribution in [2.45, 2.75) is 80.4 Å². The molecule has 2 aromatic heterocycles. The van der Waals surface area contributed by atoms with Crippen LogP contribution in [0.15, 0.2) is 48.7 Å². The average Bonchev–Trinajstić information content (AvgIpc) is 3.33. The first-order chi connectivity index (χ1) is 22.3. The Morgan fingerprint density at radius 1 is 0.812 bits per heavy atom. The van der Waals surface area contributed by atoms with Crippen LogP contribution in [0.4, 0.5) is 49.0 Å². The number of hydrogen-bond donors (Lipinski definition) is 3. The van der Waals surface area contributed by atoms with Gasteiger partial charge in [0, 0.05) is 39.9 Å². The van der Waals surface area contributed by atoms with Crippen LogP contribution in [0.3, 0.4) is 0 Å². The first-order valence-electron chi connectivity index (χ1n) is 15.2. The van der Waals surface area contributed by atoms with E-state index in [-0.39, 0.29) is 17.6 Å². The van der Waals surface area contributed by atoms with E-state index in [1.54, 1.807) is 98.0 Å². The third-order valence-corrected chi connectivity index (χ3v) is 6.98. The lowest BCUT2D eigenvalue weighted by Gasteiger charge is -2.26. The Bertz CT molecular complexity index is 1860. The normalized spacial score (nSPS) is 11.5. The molecule has 0 atom stereocenters. The second-order valence-electron chi connectivity index (χ2n) is 13.2. The van der Waals surface area contributed by atoms with Gasteiger partial charge in [-0.15, -0.1) is 5.10 Å². The lowest BCUT2D eigenvalue weighted by atomic mass is 10.2. The molecule has 254 valence electrons. The largest absolute Gasteiger partial charge is 0.443 e. The summed E-state index contributed by atoms with van der Waals surface area (Å²) in [4.78, 5) is 49.6. The van der Waals surface area contributed by atoms with Crippen LogP contribution >= 0.6 is 11.6 Å². The number of hydrogen-bond acceptors (Lipinski definition) is 9. The van der Waals surface area contributed by atoms with E-state index >= 15 is 0 Å². The molecule has 0 saturated heterocycles. The number of carbonyl (C=O) groups excluding carboxylic acids is 3. The number of halogens is 1. The highest BCUT2D eigenvalue weighted by atomic mass is 35.5. The minimum Gasteiger partial charge on any atom is -0.443 e. The highest BCUT2D eigenvalue weighted by molar-refractivity contribution is 6.31. The molecule has 0 bridgehead atoms. The quantitative estimate of drug-likeness (QED) is 0.182. The third kappa shape index (κ3) is 9.22. The van der Waals surface area contributed by atoms with Crippen molar-refractivity contribution in [2.24, 2.45) is 0 Å². The van der Waals surface area contributed by atoms with E-state index in [9.17, 15) is 14.4 Å². The van der Waals surface area contributed by atoms with Crippen molar-refractivity contribution in [2.75, 3.05) is 20.9 Å². The smallest absolute Gasteiger partial charge is 0.435 e. The number of aromatic nitrogens is 4. The fourth-order valence-electron chi connectivity index (χ4n) is 4.34. The maximum atomic E-state index is 13.7. The van der Waals surface area contributed by atoms with Gasteiger partial charge in [-0.1, -0.05) is 17.7 Å². The molecule has 0 saturated carbocycles. The van der Waals surface area contributed by atoms with Gasteiger partial charge in [0.2, 0.25) is 5.95 Å². The van der Waals surface area contributed by atoms with Crippen molar-refractivity contribution in [1.29, 1.82) is 0 Å². The molecule has 0 aliphatic rings. The van der Waals surface area contributed by atoms with Crippen molar-refractivity contribution in [3.8, 4) is 0 Å². The minimum absolute atomic E-state index is 0.102. The monoisotopic (exact) mass is 676 g/mol. The Morgan fingerprint density at radius 3 is 2.06 bits per heavy atom. The number of urea groups is 1. The van der Waals surface area contributed by atoms with E-state index in [0.717, 1.165) is 15.8 Å². The predicted molar refractivity (Wildman–Crippen MR) is 187 cm³/mol. The van der Waals surface area contributed by atoms with Crippen LogP contribution in [0.25, 0.3) is 0 Å². The summed E-state index contributed by atoms with van der Waals surface area (Å²) >= 11 is 6.10. The minimum atomic E-state index is -0.844. The molecule has 0 spiro atoms. The lowest BCUT2D eigenvalue weighted by molar-refractivity contribution is 0.0506. The number of carbonyl (C=O) groups is 3. The third-order valence-electron chi connectivity index (χ3n) is 6.56. The molecule has 3 amide bonds. The molecule has 2 aromatic carbocycles. The van der Waals surface area contributed by atoms with E-state index in [1.165, 1.54) is 4.90 Å². The highest BCUT2D eigenvalue weighted by Gasteiger charge is 2.31. The Kier molecular flexibility index (Phi) is 10.3. The van der Waals surface area contributed by atoms with E-state index < -0.39 is 29.4 Å². The Labute approximate surface area is 285 Å². The highest BCUT2D eigenvalue weighted by Crippen LogP contribution is 2.31. The molecule has 0 aliphatic heterocycles. The number of nitrogens with one attached hydrogen (secondary N) is 3. The van der Waals surface area contributed by atoms with Gasteiger partial charge in [-0.2, -0.15) is 9.67 Å². The van der Waals surface area contributed by atoms with Gasteiger partial charge < -0.3 is 25.4 Å². The van der Waals surface area contributed by atoms with Gasteiger partial charge in [0.05, 0.1) is 5.69 Å². The SMILES string of the molecule is Cc1cc(NC(=O)Nc2ccc(C)c(Nc3ncc(C)c(N(C(=O)OC(C)(C)C)c4cc(C)n(C(=O)OC(C)(C)C)n4)n3)c2)ccc1Cl. The Balaban J connectivity index is 1.64. The Morgan fingerprint density at radius 2 is 1.44 bits per heavy atom. The fraction of sp³-hybridized carbons (Fsp3) is 0.353. The number of rotatable bonds is 6. The molecular weight excluding hydrogens is 636 g/mol. The number of benzene rings is 2. The van der Waals surface area contributed by atoms with Crippen LogP contribution in [0.1, 0.15) is 63.9 Å². The van der Waals surface area contributed by atoms with E-state index in [4.69, 9.17) is 21.1 Å². The van der Waals surface area contributed by atoms with Crippen molar-refractivity contribution < 1.29 is 23.9 Å². The summed E-state index contributed by atoms with van der Waals surface area (Å²) in [6, 6.07) is 11.7. The van der Waals surface area contributed by atoms with Gasteiger partial charge in [0.15, 0.2) is 11.6 Å². The average molecular weight is 677 g/mol. The van der Waals surface area contributed by atoms with Crippen molar-refractivity contribution in [3.63, 3.8) is 0 Å². The molecule has 13 nitrogen and oxygen atoms in total. The molecule has 48 heavy (non-hydrogen) atoms. The molecule has 4 rings (SSSR count). The maximum Gasteiger partial charge on any atom is 0.435 e. The summed E-state index contributed by atoms with van der Waals surface area (Å²) < 4.78 is 12.3. The topological polar surface area (TPSA) is 153 Å². The number of nitrogens with zero attached hydrogens (tertiary/aromatic N) is 5. The molecule has 0 radical (unpaired) electrons. The van der Waals surface area contributed by atoms with Crippen LogP contribution < -0.4 is 20.9 Å². The van der Waals surface area contributed by atoms with Gasteiger partial charge in [-0.25, -0.2) is 24.3 Å². The van der Waals surface area contributed by atoms with Crippen LogP contribution in [0.5, 0.6) is 0 Å². The Hall–Kier alpha value is -5.17. The number of ether oxygens (including phenoxy) is 2. The number of amides is 3. The zero-order valence-electron chi connectivity index (χ0n) is 28.8. The molecule has 2 heterocycles. The predicted octanol–water partition coefficient (Wildman–Crippen LogP) is 8.80. The molecule has 4 aromatic rings. The summed E-state index contributed by atoms with van der Waals surface area (Å²) in [5.74, 6) is 0.443.